The van der Waals surface area contributed by atoms with Crippen molar-refractivity contribution >= 4 is 27.0 Å². The molecule has 1 fully saturated rings. The molecule has 0 aliphatic carbocycles. The summed E-state index contributed by atoms with van der Waals surface area (Å²) in [6.07, 6.45) is 3.98. The van der Waals surface area contributed by atoms with Gasteiger partial charge in [0.1, 0.15) is 5.82 Å². The number of piperidine rings is 1. The molecular weight excluding hydrogens is 400 g/mol. The molecule has 1 saturated heterocycles. The molecule has 3 rings (SSSR count). The SMILES string of the molecule is CCNC(=NCC1CCN(S(C)(=O)=O)CC1)NCCCn1c(C)nc2ccccc21. The molecule has 0 bridgehead atoms. The van der Waals surface area contributed by atoms with E-state index in [0.717, 1.165) is 62.7 Å². The molecule has 0 saturated carbocycles. The monoisotopic (exact) mass is 434 g/mol. The number of aromatic nitrogens is 2. The number of benzene rings is 1. The van der Waals surface area contributed by atoms with Gasteiger partial charge in [0.25, 0.3) is 0 Å². The first-order valence-electron chi connectivity index (χ1n) is 10.8. The zero-order chi connectivity index (χ0) is 21.6. The van der Waals surface area contributed by atoms with Crippen LogP contribution in [0.4, 0.5) is 0 Å². The van der Waals surface area contributed by atoms with Crippen molar-refractivity contribution in [1.82, 2.24) is 24.5 Å². The largest absolute Gasteiger partial charge is 0.357 e. The second kappa shape index (κ2) is 10.3. The molecule has 9 heteroatoms. The van der Waals surface area contributed by atoms with Crippen molar-refractivity contribution in [3.05, 3.63) is 30.1 Å². The molecule has 2 aromatic rings. The van der Waals surface area contributed by atoms with Gasteiger partial charge in [-0.3, -0.25) is 4.99 Å². The fraction of sp³-hybridized carbons (Fsp3) is 0.619. The van der Waals surface area contributed by atoms with Gasteiger partial charge in [-0.05, 0) is 51.2 Å². The maximum atomic E-state index is 11.6. The molecule has 166 valence electrons. The van der Waals surface area contributed by atoms with Crippen LogP contribution in [0.3, 0.4) is 0 Å². The molecule has 1 aromatic carbocycles. The maximum Gasteiger partial charge on any atom is 0.211 e. The van der Waals surface area contributed by atoms with Crippen LogP contribution >= 0.6 is 0 Å². The Kier molecular flexibility index (Phi) is 7.71. The Morgan fingerprint density at radius 2 is 1.97 bits per heavy atom. The predicted octanol–water partition coefficient (Wildman–Crippen LogP) is 1.96. The van der Waals surface area contributed by atoms with E-state index in [1.807, 2.05) is 19.1 Å². The van der Waals surface area contributed by atoms with E-state index in [1.54, 1.807) is 4.31 Å². The van der Waals surface area contributed by atoms with Gasteiger partial charge in [0.2, 0.25) is 10.0 Å². The fourth-order valence-corrected chi connectivity index (χ4v) is 4.78. The molecule has 0 spiro atoms. The molecule has 1 aliphatic heterocycles. The molecule has 0 amide bonds. The molecule has 8 nitrogen and oxygen atoms in total. The first kappa shape index (κ1) is 22.6. The molecular formula is C21H34N6O2S. The predicted molar refractivity (Wildman–Crippen MR) is 122 cm³/mol. The number of rotatable bonds is 8. The third kappa shape index (κ3) is 5.95. The summed E-state index contributed by atoms with van der Waals surface area (Å²) in [5.41, 5.74) is 2.22. The van der Waals surface area contributed by atoms with Crippen LogP contribution in [0.5, 0.6) is 0 Å². The van der Waals surface area contributed by atoms with Gasteiger partial charge < -0.3 is 15.2 Å². The zero-order valence-corrected chi connectivity index (χ0v) is 19.1. The number of nitrogens with zero attached hydrogens (tertiary/aromatic N) is 4. The zero-order valence-electron chi connectivity index (χ0n) is 18.3. The maximum absolute atomic E-state index is 11.6. The van der Waals surface area contributed by atoms with E-state index in [1.165, 1.54) is 11.8 Å². The second-order valence-corrected chi connectivity index (χ2v) is 9.89. The number of para-hydroxylation sites is 2. The molecule has 30 heavy (non-hydrogen) atoms. The second-order valence-electron chi connectivity index (χ2n) is 7.90. The molecule has 0 unspecified atom stereocenters. The van der Waals surface area contributed by atoms with Crippen molar-refractivity contribution in [1.29, 1.82) is 0 Å². The number of aliphatic imine (C=N–C) groups is 1. The standard InChI is InChI=1S/C21H34N6O2S/c1-4-22-21(24-16-18-10-14-26(15-11-18)30(3,28)29)23-12-7-13-27-17(2)25-19-8-5-6-9-20(19)27/h5-6,8-9,18H,4,7,10-16H2,1-3H3,(H2,22,23,24). The van der Waals surface area contributed by atoms with Crippen LogP contribution in [0.1, 0.15) is 32.0 Å². The molecule has 2 heterocycles. The summed E-state index contributed by atoms with van der Waals surface area (Å²) in [4.78, 5) is 9.36. The Labute approximate surface area is 179 Å². The van der Waals surface area contributed by atoms with E-state index >= 15 is 0 Å². The number of guanidine groups is 1. The van der Waals surface area contributed by atoms with Crippen molar-refractivity contribution in [2.45, 2.75) is 39.7 Å². The summed E-state index contributed by atoms with van der Waals surface area (Å²) >= 11 is 0. The molecule has 0 radical (unpaired) electrons. The van der Waals surface area contributed by atoms with Crippen LogP contribution in [0.2, 0.25) is 0 Å². The first-order valence-corrected chi connectivity index (χ1v) is 12.6. The normalized spacial score (nSPS) is 16.8. The molecule has 1 aliphatic rings. The number of aryl methyl sites for hydroxylation is 2. The number of imidazole rings is 1. The van der Waals surface area contributed by atoms with Crippen LogP contribution < -0.4 is 10.6 Å². The Hall–Kier alpha value is -2.13. The molecule has 0 atom stereocenters. The van der Waals surface area contributed by atoms with Gasteiger partial charge >= 0.3 is 0 Å². The van der Waals surface area contributed by atoms with E-state index in [9.17, 15) is 8.42 Å². The van der Waals surface area contributed by atoms with Gasteiger partial charge in [-0.15, -0.1) is 0 Å². The van der Waals surface area contributed by atoms with Gasteiger partial charge in [0.15, 0.2) is 5.96 Å². The molecule has 1 aromatic heterocycles. The van der Waals surface area contributed by atoms with E-state index in [-0.39, 0.29) is 0 Å². The number of hydrogen-bond donors (Lipinski definition) is 2. The van der Waals surface area contributed by atoms with E-state index in [2.05, 4.69) is 39.2 Å². The highest BCUT2D eigenvalue weighted by molar-refractivity contribution is 7.88. The minimum Gasteiger partial charge on any atom is -0.357 e. The average Bonchev–Trinajstić information content (AvgIpc) is 3.04. The fourth-order valence-electron chi connectivity index (χ4n) is 3.91. The number of nitrogens with one attached hydrogen (secondary N) is 2. The summed E-state index contributed by atoms with van der Waals surface area (Å²) < 4.78 is 27.1. The lowest BCUT2D eigenvalue weighted by Crippen LogP contribution is -2.40. The van der Waals surface area contributed by atoms with Crippen LogP contribution in [0.25, 0.3) is 11.0 Å². The number of fused-ring (bicyclic) bond motifs is 1. The number of hydrogen-bond acceptors (Lipinski definition) is 4. The van der Waals surface area contributed by atoms with Crippen LogP contribution in [-0.4, -0.2) is 67.2 Å². The summed E-state index contributed by atoms with van der Waals surface area (Å²) in [5.74, 6) is 2.30. The van der Waals surface area contributed by atoms with Crippen molar-refractivity contribution in [3.63, 3.8) is 0 Å². The van der Waals surface area contributed by atoms with Crippen LogP contribution in [0.15, 0.2) is 29.3 Å². The third-order valence-electron chi connectivity index (χ3n) is 5.59. The highest BCUT2D eigenvalue weighted by atomic mass is 32.2. The minimum absolute atomic E-state index is 0.429. The van der Waals surface area contributed by atoms with Gasteiger partial charge in [-0.1, -0.05) is 12.1 Å². The Morgan fingerprint density at radius 1 is 1.23 bits per heavy atom. The Bertz CT molecular complexity index is 961. The Morgan fingerprint density at radius 3 is 2.67 bits per heavy atom. The van der Waals surface area contributed by atoms with Gasteiger partial charge in [0.05, 0.1) is 17.3 Å². The lowest BCUT2D eigenvalue weighted by molar-refractivity contribution is 0.280. The highest BCUT2D eigenvalue weighted by Gasteiger charge is 2.24. The average molecular weight is 435 g/mol. The first-order chi connectivity index (χ1) is 14.4. The van der Waals surface area contributed by atoms with Gasteiger partial charge in [0, 0.05) is 39.3 Å². The highest BCUT2D eigenvalue weighted by Crippen LogP contribution is 2.19. The summed E-state index contributed by atoms with van der Waals surface area (Å²) in [7, 11) is -3.07. The lowest BCUT2D eigenvalue weighted by Gasteiger charge is -2.29. The van der Waals surface area contributed by atoms with E-state index in [4.69, 9.17) is 4.99 Å². The van der Waals surface area contributed by atoms with Crippen molar-refractivity contribution in [2.24, 2.45) is 10.9 Å². The van der Waals surface area contributed by atoms with Crippen molar-refractivity contribution < 1.29 is 8.42 Å². The van der Waals surface area contributed by atoms with Gasteiger partial charge in [-0.2, -0.15) is 0 Å². The summed E-state index contributed by atoms with van der Waals surface area (Å²) in [6, 6.07) is 8.23. The topological polar surface area (TPSA) is 91.6 Å². The van der Waals surface area contributed by atoms with Crippen LogP contribution in [-0.2, 0) is 16.6 Å². The van der Waals surface area contributed by atoms with Gasteiger partial charge in [-0.25, -0.2) is 17.7 Å². The minimum atomic E-state index is -3.07. The Balaban J connectivity index is 1.47. The third-order valence-corrected chi connectivity index (χ3v) is 6.89. The number of sulfonamides is 1. The summed E-state index contributed by atoms with van der Waals surface area (Å²) in [5, 5.41) is 6.73. The quantitative estimate of drug-likeness (QED) is 0.376. The molecule has 2 N–H and O–H groups in total. The van der Waals surface area contributed by atoms with Crippen molar-refractivity contribution in [2.75, 3.05) is 39.0 Å². The van der Waals surface area contributed by atoms with Crippen LogP contribution in [0, 0.1) is 12.8 Å². The summed E-state index contributed by atoms with van der Waals surface area (Å²) in [6.45, 7) is 8.56. The lowest BCUT2D eigenvalue weighted by atomic mass is 9.98. The van der Waals surface area contributed by atoms with E-state index in [0.29, 0.717) is 19.0 Å². The smallest absolute Gasteiger partial charge is 0.211 e. The van der Waals surface area contributed by atoms with Crippen molar-refractivity contribution in [3.8, 4) is 0 Å². The van der Waals surface area contributed by atoms with E-state index < -0.39 is 10.0 Å².